The molecule has 2 N–H and O–H groups in total. The van der Waals surface area contributed by atoms with Crippen LogP contribution in [-0.4, -0.2) is 25.0 Å². The van der Waals surface area contributed by atoms with Crippen LogP contribution in [-0.2, 0) is 4.79 Å². The van der Waals surface area contributed by atoms with Crippen LogP contribution in [0.5, 0.6) is 0 Å². The maximum atomic E-state index is 12.1. The molecule has 0 bridgehead atoms. The smallest absolute Gasteiger partial charge is 0.220 e. The average molecular weight is 325 g/mol. The van der Waals surface area contributed by atoms with Gasteiger partial charge in [0, 0.05) is 19.0 Å². The van der Waals surface area contributed by atoms with E-state index in [1.165, 1.54) is 11.1 Å². The molecule has 22 heavy (non-hydrogen) atoms. The van der Waals surface area contributed by atoms with E-state index in [-0.39, 0.29) is 24.2 Å². The Bertz CT molecular complexity index is 453. The summed E-state index contributed by atoms with van der Waals surface area (Å²) < 4.78 is 0. The monoisotopic (exact) mass is 324 g/mol. The van der Waals surface area contributed by atoms with Crippen LogP contribution in [0.15, 0.2) is 24.3 Å². The molecule has 0 spiro atoms. The summed E-state index contributed by atoms with van der Waals surface area (Å²) in [5.74, 6) is 0.989. The number of halogens is 1. The van der Waals surface area contributed by atoms with Crippen LogP contribution in [0.2, 0.25) is 0 Å². The quantitative estimate of drug-likeness (QED) is 0.869. The van der Waals surface area contributed by atoms with Gasteiger partial charge in [0.05, 0.1) is 0 Å². The molecule has 0 aromatic heterocycles. The van der Waals surface area contributed by atoms with E-state index in [1.807, 2.05) is 0 Å². The largest absolute Gasteiger partial charge is 0.352 e. The van der Waals surface area contributed by atoms with Gasteiger partial charge < -0.3 is 10.6 Å². The Kier molecular flexibility index (Phi) is 7.91. The zero-order chi connectivity index (χ0) is 15.2. The zero-order valence-corrected chi connectivity index (χ0v) is 14.7. The van der Waals surface area contributed by atoms with Gasteiger partial charge in [0.2, 0.25) is 5.91 Å². The number of hydrogen-bond donors (Lipinski definition) is 2. The van der Waals surface area contributed by atoms with Gasteiger partial charge in [-0.25, -0.2) is 0 Å². The SMILES string of the molecule is CC(C)c1ccc(C(C)CC(=O)NC2CCCNC2)cc1.Cl. The van der Waals surface area contributed by atoms with E-state index < -0.39 is 0 Å². The molecule has 3 nitrogen and oxygen atoms in total. The molecule has 1 fully saturated rings. The van der Waals surface area contributed by atoms with Crippen LogP contribution < -0.4 is 10.6 Å². The summed E-state index contributed by atoms with van der Waals surface area (Å²) >= 11 is 0. The lowest BCUT2D eigenvalue weighted by atomic mass is 9.94. The summed E-state index contributed by atoms with van der Waals surface area (Å²) in [4.78, 5) is 12.1. The minimum Gasteiger partial charge on any atom is -0.352 e. The molecule has 2 unspecified atom stereocenters. The number of hydrogen-bond acceptors (Lipinski definition) is 2. The van der Waals surface area contributed by atoms with Crippen molar-refractivity contribution in [2.75, 3.05) is 13.1 Å². The predicted octanol–water partition coefficient (Wildman–Crippen LogP) is 3.59. The van der Waals surface area contributed by atoms with Gasteiger partial charge in [0.25, 0.3) is 0 Å². The van der Waals surface area contributed by atoms with Crippen molar-refractivity contribution < 1.29 is 4.79 Å². The molecule has 1 aliphatic heterocycles. The first-order chi connectivity index (χ1) is 10.1. The second kappa shape index (κ2) is 9.16. The molecule has 124 valence electrons. The number of rotatable bonds is 5. The van der Waals surface area contributed by atoms with Crippen molar-refractivity contribution in [2.45, 2.75) is 57.9 Å². The third kappa shape index (κ3) is 5.62. The Morgan fingerprint density at radius 3 is 2.41 bits per heavy atom. The van der Waals surface area contributed by atoms with E-state index in [9.17, 15) is 4.79 Å². The highest BCUT2D eigenvalue weighted by Gasteiger charge is 2.17. The third-order valence-electron chi connectivity index (χ3n) is 4.33. The molecule has 1 amide bonds. The summed E-state index contributed by atoms with van der Waals surface area (Å²) in [6.45, 7) is 8.51. The summed E-state index contributed by atoms with van der Waals surface area (Å²) in [5, 5.41) is 6.47. The van der Waals surface area contributed by atoms with Gasteiger partial charge in [-0.2, -0.15) is 0 Å². The second-order valence-electron chi connectivity index (χ2n) is 6.54. The number of carbonyl (C=O) groups excluding carboxylic acids is 1. The van der Waals surface area contributed by atoms with E-state index in [0.29, 0.717) is 18.4 Å². The molecule has 0 radical (unpaired) electrons. The molecule has 2 rings (SSSR count). The van der Waals surface area contributed by atoms with Crippen molar-refractivity contribution in [3.63, 3.8) is 0 Å². The lowest BCUT2D eigenvalue weighted by molar-refractivity contribution is -0.122. The van der Waals surface area contributed by atoms with Crippen LogP contribution in [0, 0.1) is 0 Å². The summed E-state index contributed by atoms with van der Waals surface area (Å²) in [6.07, 6.45) is 2.81. The maximum Gasteiger partial charge on any atom is 0.220 e. The van der Waals surface area contributed by atoms with Gasteiger partial charge in [-0.3, -0.25) is 4.79 Å². The molecule has 1 aliphatic rings. The van der Waals surface area contributed by atoms with Crippen LogP contribution >= 0.6 is 12.4 Å². The summed E-state index contributed by atoms with van der Waals surface area (Å²) in [5.41, 5.74) is 2.60. The van der Waals surface area contributed by atoms with Crippen LogP contribution in [0.3, 0.4) is 0 Å². The number of benzene rings is 1. The minimum atomic E-state index is 0. The minimum absolute atomic E-state index is 0. The lowest BCUT2D eigenvalue weighted by Crippen LogP contribution is -2.45. The Labute approximate surface area is 140 Å². The first-order valence-corrected chi connectivity index (χ1v) is 8.16. The van der Waals surface area contributed by atoms with E-state index in [0.717, 1.165) is 25.9 Å². The van der Waals surface area contributed by atoms with E-state index in [4.69, 9.17) is 0 Å². The first-order valence-electron chi connectivity index (χ1n) is 8.16. The fourth-order valence-electron chi connectivity index (χ4n) is 2.87. The first kappa shape index (κ1) is 19.0. The molecule has 2 atom stereocenters. The Balaban J connectivity index is 0.00000242. The zero-order valence-electron chi connectivity index (χ0n) is 13.9. The standard InChI is InChI=1S/C18H28N2O.ClH/c1-13(2)15-6-8-16(9-7-15)14(3)11-18(21)20-17-5-4-10-19-12-17;/h6-9,13-14,17,19H,4-5,10-12H2,1-3H3,(H,20,21);1H. The number of amides is 1. The van der Waals surface area contributed by atoms with E-state index in [2.05, 4.69) is 55.7 Å². The second-order valence-corrected chi connectivity index (χ2v) is 6.54. The fourth-order valence-corrected chi connectivity index (χ4v) is 2.87. The van der Waals surface area contributed by atoms with Gasteiger partial charge in [-0.1, -0.05) is 45.0 Å². The topological polar surface area (TPSA) is 41.1 Å². The molecule has 1 heterocycles. The van der Waals surface area contributed by atoms with Crippen molar-refractivity contribution in [1.29, 1.82) is 0 Å². The van der Waals surface area contributed by atoms with Crippen molar-refractivity contribution in [3.8, 4) is 0 Å². The van der Waals surface area contributed by atoms with Crippen molar-refractivity contribution >= 4 is 18.3 Å². The highest BCUT2D eigenvalue weighted by atomic mass is 35.5. The molecule has 1 aromatic rings. The van der Waals surface area contributed by atoms with E-state index in [1.54, 1.807) is 0 Å². The van der Waals surface area contributed by atoms with Gasteiger partial charge in [0.15, 0.2) is 0 Å². The molecule has 4 heteroatoms. The molecular weight excluding hydrogens is 296 g/mol. The van der Waals surface area contributed by atoms with Crippen LogP contribution in [0.1, 0.15) is 63.0 Å². The average Bonchev–Trinajstić information content (AvgIpc) is 2.48. The molecule has 0 aliphatic carbocycles. The maximum absolute atomic E-state index is 12.1. The Morgan fingerprint density at radius 1 is 1.23 bits per heavy atom. The fraction of sp³-hybridized carbons (Fsp3) is 0.611. The highest BCUT2D eigenvalue weighted by Crippen LogP contribution is 2.22. The normalized spacial score (nSPS) is 19.4. The number of carbonyl (C=O) groups is 1. The number of nitrogens with one attached hydrogen (secondary N) is 2. The lowest BCUT2D eigenvalue weighted by Gasteiger charge is -2.24. The third-order valence-corrected chi connectivity index (χ3v) is 4.33. The van der Waals surface area contributed by atoms with Crippen molar-refractivity contribution in [3.05, 3.63) is 35.4 Å². The molecule has 1 aromatic carbocycles. The van der Waals surface area contributed by atoms with Gasteiger partial charge in [-0.05, 0) is 42.3 Å². The Hall–Kier alpha value is -1.06. The van der Waals surface area contributed by atoms with Gasteiger partial charge >= 0.3 is 0 Å². The van der Waals surface area contributed by atoms with E-state index >= 15 is 0 Å². The predicted molar refractivity (Wildman–Crippen MR) is 94.8 cm³/mol. The van der Waals surface area contributed by atoms with Crippen molar-refractivity contribution in [1.82, 2.24) is 10.6 Å². The molecule has 1 saturated heterocycles. The molecule has 0 saturated carbocycles. The van der Waals surface area contributed by atoms with Crippen LogP contribution in [0.25, 0.3) is 0 Å². The highest BCUT2D eigenvalue weighted by molar-refractivity contribution is 5.85. The summed E-state index contributed by atoms with van der Waals surface area (Å²) in [6, 6.07) is 8.99. The molecular formula is C18H29ClN2O. The van der Waals surface area contributed by atoms with Gasteiger partial charge in [0.1, 0.15) is 0 Å². The van der Waals surface area contributed by atoms with Gasteiger partial charge in [-0.15, -0.1) is 12.4 Å². The number of piperidine rings is 1. The van der Waals surface area contributed by atoms with Crippen molar-refractivity contribution in [2.24, 2.45) is 0 Å². The van der Waals surface area contributed by atoms with Crippen LogP contribution in [0.4, 0.5) is 0 Å². The summed E-state index contributed by atoms with van der Waals surface area (Å²) in [7, 11) is 0. The Morgan fingerprint density at radius 2 is 1.86 bits per heavy atom.